The van der Waals surface area contributed by atoms with E-state index in [0.717, 1.165) is 39.7 Å². The molecule has 0 atom stereocenters. The second-order valence-corrected chi connectivity index (χ2v) is 39.7. The van der Waals surface area contributed by atoms with Crippen molar-refractivity contribution in [2.75, 3.05) is 9.80 Å². The predicted molar refractivity (Wildman–Crippen MR) is 642 cm³/mol. The van der Waals surface area contributed by atoms with E-state index in [2.05, 4.69) is 611 Å². The summed E-state index contributed by atoms with van der Waals surface area (Å²) < 4.78 is 0. The van der Waals surface area contributed by atoms with Crippen LogP contribution in [0.4, 0.5) is 34.1 Å². The van der Waals surface area contributed by atoms with Gasteiger partial charge >= 0.3 is 0 Å². The fourth-order valence-corrected chi connectivity index (χ4v) is 22.3. The number of fused-ring (bicyclic) bond motifs is 2. The molecule has 24 aromatic carbocycles. The Balaban J connectivity index is 0.000000165. The number of aryl methyl sites for hydroxylation is 4. The lowest BCUT2D eigenvalue weighted by molar-refractivity contribution is 1.28. The first kappa shape index (κ1) is 95.0. The fraction of sp³-hybridized carbons (Fsp3) is 0.0541. The standard InChI is InChI=1S/C78H59N.C70H55N/c1-52-22-28-56(29-23-52)65-32-26-54(3)74(49-65)59-36-43-69(44-37-59)79(70-45-38-60(39-46-70)75-50-66(33-27-55(75)4)57-30-24-53(2)25-31-57)68-41-34-58(35-42-68)63-18-13-19-64(48-63)67-40-47-73-76(51-67)78(62-16-9-6-10-17-62)72-21-12-11-20-71(72)77(73)61-14-7-5-8-15-61;1-48-65(54-23-12-6-13-24-54)46-66(55-25-14-7-15-26-55)49(2)69(48)58-35-41-63(42-36-58)71(62-39-33-53(34-40-62)61-32-20-31-60(45-61)52-21-10-5-11-22-52)64-43-37-59(38-44-64)70-50(3)67(56-27-16-8-17-28-56)47-68(51(70)4)57-29-18-9-19-30-57/h5-51H,1-4H3;5-47H,1-4H3. The van der Waals surface area contributed by atoms with Crippen molar-refractivity contribution in [2.24, 2.45) is 0 Å². The maximum Gasteiger partial charge on any atom is 0.0462 e. The van der Waals surface area contributed by atoms with Gasteiger partial charge in [0.15, 0.2) is 0 Å². The van der Waals surface area contributed by atoms with Crippen LogP contribution in [-0.4, -0.2) is 0 Å². The zero-order chi connectivity index (χ0) is 102. The van der Waals surface area contributed by atoms with Crippen LogP contribution >= 0.6 is 0 Å². The zero-order valence-electron chi connectivity index (χ0n) is 85.9. The number of hydrogen-bond donors (Lipinski definition) is 0. The van der Waals surface area contributed by atoms with E-state index in [1.165, 1.54) is 239 Å². The van der Waals surface area contributed by atoms with E-state index in [-0.39, 0.29) is 0 Å². The second-order valence-electron chi connectivity index (χ2n) is 39.7. The Morgan fingerprint density at radius 2 is 0.307 bits per heavy atom. The molecule has 0 aliphatic heterocycles. The van der Waals surface area contributed by atoms with Crippen molar-refractivity contribution in [2.45, 2.75) is 55.4 Å². The van der Waals surface area contributed by atoms with Crippen LogP contribution in [0.3, 0.4) is 0 Å². The highest BCUT2D eigenvalue weighted by Crippen LogP contribution is 2.51. The molecule has 0 bridgehead atoms. The lowest BCUT2D eigenvalue weighted by Crippen LogP contribution is -2.10. The van der Waals surface area contributed by atoms with Crippen LogP contribution in [0.2, 0.25) is 0 Å². The van der Waals surface area contributed by atoms with Gasteiger partial charge in [0.05, 0.1) is 0 Å². The molecule has 0 aromatic heterocycles. The Morgan fingerprint density at radius 1 is 0.113 bits per heavy atom. The van der Waals surface area contributed by atoms with Crippen LogP contribution in [0, 0.1) is 55.4 Å². The summed E-state index contributed by atoms with van der Waals surface area (Å²) in [6, 6.07) is 200. The van der Waals surface area contributed by atoms with Crippen molar-refractivity contribution in [3.8, 4) is 178 Å². The summed E-state index contributed by atoms with van der Waals surface area (Å²) in [4.78, 5) is 4.77. The third-order valence-corrected chi connectivity index (χ3v) is 30.2. The van der Waals surface area contributed by atoms with Gasteiger partial charge < -0.3 is 9.80 Å². The van der Waals surface area contributed by atoms with Gasteiger partial charge in [0.25, 0.3) is 0 Å². The molecule has 0 amide bonds. The van der Waals surface area contributed by atoms with Gasteiger partial charge in [-0.25, -0.2) is 0 Å². The van der Waals surface area contributed by atoms with Gasteiger partial charge in [0.1, 0.15) is 0 Å². The SMILES string of the molecule is Cc1c(-c2ccccc2)cc(-c2ccccc2)c(C)c1-c1ccc(N(c2ccc(-c3cccc(-c4ccccc4)c3)cc2)c2ccc(-c3c(C)c(-c4ccccc4)cc(-c4ccccc4)c3C)cc2)cc1.Cc1ccc(-c2ccc(C)c(-c3ccc(N(c4ccc(-c5cccc(-c6ccc7c(-c8ccccc8)c8ccccc8c(-c8ccccc8)c7c6)c5)cc4)c4ccc(-c5cc(-c6ccc(C)cc6)ccc5C)cc4)cc3)c2)cc1. The molecule has 0 heterocycles. The van der Waals surface area contributed by atoms with Gasteiger partial charge in [0, 0.05) is 34.1 Å². The number of nitrogens with zero attached hydrogens (tertiary/aromatic N) is 2. The van der Waals surface area contributed by atoms with Crippen LogP contribution in [0.25, 0.3) is 200 Å². The predicted octanol–water partition coefficient (Wildman–Crippen LogP) is 41.8. The molecule has 0 spiro atoms. The first-order valence-corrected chi connectivity index (χ1v) is 52.1. The van der Waals surface area contributed by atoms with E-state index in [1.54, 1.807) is 0 Å². The average Bonchev–Trinajstić information content (AvgIpc) is 0.728. The van der Waals surface area contributed by atoms with Gasteiger partial charge in [-0.15, -0.1) is 0 Å². The van der Waals surface area contributed by atoms with E-state index in [0.29, 0.717) is 0 Å². The quantitative estimate of drug-likeness (QED) is 0.0624. The van der Waals surface area contributed by atoms with Crippen molar-refractivity contribution < 1.29 is 0 Å². The van der Waals surface area contributed by atoms with Gasteiger partial charge in [-0.1, -0.05) is 442 Å². The minimum atomic E-state index is 1.08. The van der Waals surface area contributed by atoms with Crippen molar-refractivity contribution >= 4 is 55.7 Å². The monoisotopic (exact) mass is 1920 g/mol. The highest BCUT2D eigenvalue weighted by molar-refractivity contribution is 6.22. The Kier molecular flexibility index (Phi) is 26.7. The maximum absolute atomic E-state index is 2.41. The minimum Gasteiger partial charge on any atom is -0.311 e. The molecular formula is C148H114N2. The summed E-state index contributed by atoms with van der Waals surface area (Å²) in [5.74, 6) is 0. The highest BCUT2D eigenvalue weighted by atomic mass is 15.1. The topological polar surface area (TPSA) is 6.48 Å². The smallest absolute Gasteiger partial charge is 0.0462 e. The summed E-state index contributed by atoms with van der Waals surface area (Å²) in [5.41, 5.74) is 55.7. The Labute approximate surface area is 882 Å². The summed E-state index contributed by atoms with van der Waals surface area (Å²) in [7, 11) is 0. The maximum atomic E-state index is 2.41. The Morgan fingerprint density at radius 3 is 0.613 bits per heavy atom. The highest BCUT2D eigenvalue weighted by Gasteiger charge is 2.26. The molecule has 24 aromatic rings. The number of benzene rings is 24. The molecule has 2 heteroatoms. The molecule has 24 rings (SSSR count). The molecule has 0 saturated carbocycles. The molecule has 716 valence electrons. The van der Waals surface area contributed by atoms with Gasteiger partial charge in [-0.3, -0.25) is 0 Å². The second kappa shape index (κ2) is 42.2. The van der Waals surface area contributed by atoms with Crippen molar-refractivity contribution in [3.63, 3.8) is 0 Å². The average molecular weight is 1920 g/mol. The molecule has 0 unspecified atom stereocenters. The number of hydrogen-bond acceptors (Lipinski definition) is 2. The third kappa shape index (κ3) is 19.4. The van der Waals surface area contributed by atoms with E-state index in [1.807, 2.05) is 0 Å². The van der Waals surface area contributed by atoms with Crippen molar-refractivity contribution in [1.29, 1.82) is 0 Å². The minimum absolute atomic E-state index is 1.08. The van der Waals surface area contributed by atoms with Gasteiger partial charge in [0.2, 0.25) is 0 Å². The van der Waals surface area contributed by atoms with Crippen LogP contribution in [0.15, 0.2) is 546 Å². The van der Waals surface area contributed by atoms with Gasteiger partial charge in [-0.2, -0.15) is 0 Å². The molecule has 0 aliphatic rings. The first-order chi connectivity index (χ1) is 73.7. The normalized spacial score (nSPS) is 11.2. The lowest BCUT2D eigenvalue weighted by Gasteiger charge is -2.27. The van der Waals surface area contributed by atoms with E-state index in [4.69, 9.17) is 0 Å². The molecular weight excluding hydrogens is 1810 g/mol. The molecule has 0 saturated heterocycles. The van der Waals surface area contributed by atoms with E-state index in [9.17, 15) is 0 Å². The Bertz CT molecular complexity index is 8530. The molecule has 150 heavy (non-hydrogen) atoms. The molecule has 2 nitrogen and oxygen atoms in total. The van der Waals surface area contributed by atoms with Crippen LogP contribution in [-0.2, 0) is 0 Å². The van der Waals surface area contributed by atoms with Crippen molar-refractivity contribution in [1.82, 2.24) is 0 Å². The first-order valence-electron chi connectivity index (χ1n) is 52.1. The van der Waals surface area contributed by atoms with E-state index < -0.39 is 0 Å². The Hall–Kier alpha value is -18.6. The van der Waals surface area contributed by atoms with Crippen LogP contribution in [0.1, 0.15) is 44.5 Å². The number of anilines is 6. The third-order valence-electron chi connectivity index (χ3n) is 30.2. The molecule has 0 N–H and O–H groups in total. The molecule has 0 radical (unpaired) electrons. The largest absolute Gasteiger partial charge is 0.311 e. The fourth-order valence-electron chi connectivity index (χ4n) is 22.3. The van der Waals surface area contributed by atoms with E-state index >= 15 is 0 Å². The molecule has 0 fully saturated rings. The summed E-state index contributed by atoms with van der Waals surface area (Å²) in [5, 5.41) is 5.01. The zero-order valence-corrected chi connectivity index (χ0v) is 85.9. The van der Waals surface area contributed by atoms with Crippen LogP contribution < -0.4 is 9.80 Å². The molecule has 0 aliphatic carbocycles. The van der Waals surface area contributed by atoms with Crippen LogP contribution in [0.5, 0.6) is 0 Å². The number of rotatable bonds is 22. The van der Waals surface area contributed by atoms with Gasteiger partial charge in [-0.05, 0) is 404 Å². The lowest BCUT2D eigenvalue weighted by atomic mass is 9.84. The summed E-state index contributed by atoms with van der Waals surface area (Å²) in [6.07, 6.45) is 0. The summed E-state index contributed by atoms with van der Waals surface area (Å²) >= 11 is 0. The van der Waals surface area contributed by atoms with Crippen molar-refractivity contribution in [3.05, 3.63) is 590 Å². The summed E-state index contributed by atoms with van der Waals surface area (Å²) in [6.45, 7) is 17.8.